The monoisotopic (exact) mass is 1170 g/mol. The van der Waals surface area contributed by atoms with Gasteiger partial charge in [0.15, 0.2) is 0 Å². The number of hydrogen-bond acceptors (Lipinski definition) is 5. The lowest BCUT2D eigenvalue weighted by molar-refractivity contribution is -0.870. The average molecular weight is 1170 g/mol. The van der Waals surface area contributed by atoms with E-state index in [0.29, 0.717) is 17.4 Å². The number of likely N-dealkylation sites (N-methyl/N-ethyl adjacent to an activating group) is 1. The first kappa shape index (κ1) is 79.4. The maximum Gasteiger partial charge on any atom is 0.472 e. The molecule has 0 aliphatic rings. The molecule has 83 heavy (non-hydrogen) atoms. The molecule has 0 aliphatic carbocycles. The lowest BCUT2D eigenvalue weighted by atomic mass is 10.0. The van der Waals surface area contributed by atoms with E-state index in [-0.39, 0.29) is 19.1 Å². The quantitative estimate of drug-likeness (QED) is 0.0243. The summed E-state index contributed by atoms with van der Waals surface area (Å²) in [4.78, 5) is 23.4. The fourth-order valence-corrected chi connectivity index (χ4v) is 9.82. The van der Waals surface area contributed by atoms with Gasteiger partial charge in [-0.2, -0.15) is 0 Å². The van der Waals surface area contributed by atoms with Crippen LogP contribution in [0.1, 0.15) is 264 Å². The van der Waals surface area contributed by atoms with Gasteiger partial charge in [0.1, 0.15) is 13.2 Å². The van der Waals surface area contributed by atoms with Crippen molar-refractivity contribution in [2.45, 2.75) is 276 Å². The number of aliphatic hydroxyl groups is 1. The van der Waals surface area contributed by atoms with Gasteiger partial charge in [0.2, 0.25) is 5.91 Å². The van der Waals surface area contributed by atoms with E-state index < -0.39 is 20.0 Å². The number of phosphoric acid groups is 1. The Morgan fingerprint density at radius 2 is 0.735 bits per heavy atom. The molecule has 0 bridgehead atoms. The van der Waals surface area contributed by atoms with Gasteiger partial charge in [0.25, 0.3) is 0 Å². The number of phosphoric ester groups is 1. The van der Waals surface area contributed by atoms with Crippen LogP contribution in [0.2, 0.25) is 0 Å². The van der Waals surface area contributed by atoms with Crippen molar-refractivity contribution in [2.75, 3.05) is 40.9 Å². The molecule has 0 fully saturated rings. The summed E-state index contributed by atoms with van der Waals surface area (Å²) < 4.78 is 23.7. The number of amides is 1. The average Bonchev–Trinajstić information content (AvgIpc) is 3.49. The van der Waals surface area contributed by atoms with E-state index in [1.54, 1.807) is 6.08 Å². The number of rotatable bonds is 60. The third-order valence-corrected chi connectivity index (χ3v) is 15.3. The zero-order valence-corrected chi connectivity index (χ0v) is 55.0. The molecule has 3 unspecified atom stereocenters. The topological polar surface area (TPSA) is 105 Å². The normalized spacial score (nSPS) is 14.6. The number of nitrogens with zero attached hydrogens (tertiary/aromatic N) is 1. The number of carbonyl (C=O) groups excluding carboxylic acids is 1. The summed E-state index contributed by atoms with van der Waals surface area (Å²) in [7, 11) is 1.54. The summed E-state index contributed by atoms with van der Waals surface area (Å²) in [5, 5.41) is 13.9. The van der Waals surface area contributed by atoms with Gasteiger partial charge in [-0.25, -0.2) is 4.57 Å². The summed E-state index contributed by atoms with van der Waals surface area (Å²) in [5.41, 5.74) is 0. The predicted octanol–water partition coefficient (Wildman–Crippen LogP) is 21.6. The molecule has 0 aromatic rings. The summed E-state index contributed by atoms with van der Waals surface area (Å²) in [6.07, 6.45) is 96.9. The van der Waals surface area contributed by atoms with E-state index in [1.165, 1.54) is 135 Å². The highest BCUT2D eigenvalue weighted by molar-refractivity contribution is 7.47. The van der Waals surface area contributed by atoms with Gasteiger partial charge in [-0.3, -0.25) is 13.8 Å². The molecule has 0 aromatic carbocycles. The summed E-state index contributed by atoms with van der Waals surface area (Å²) >= 11 is 0. The van der Waals surface area contributed by atoms with E-state index in [2.05, 4.69) is 153 Å². The van der Waals surface area contributed by atoms with Crippen LogP contribution in [0, 0.1) is 0 Å². The number of carbonyl (C=O) groups is 1. The maximum absolute atomic E-state index is 13.0. The second-order valence-corrected chi connectivity index (χ2v) is 24.9. The molecule has 0 rings (SSSR count). The molecule has 0 spiro atoms. The Balaban J connectivity index is 4.15. The summed E-state index contributed by atoms with van der Waals surface area (Å²) in [6.45, 7) is 4.68. The Labute approximate surface area is 512 Å². The summed E-state index contributed by atoms with van der Waals surface area (Å²) in [6, 6.07) is -0.876. The first-order chi connectivity index (χ1) is 40.5. The number of aliphatic hydroxyl groups excluding tert-OH is 1. The largest absolute Gasteiger partial charge is 0.472 e. The van der Waals surface area contributed by atoms with E-state index in [1.807, 2.05) is 27.2 Å². The van der Waals surface area contributed by atoms with Crippen molar-refractivity contribution in [1.29, 1.82) is 0 Å². The second-order valence-electron chi connectivity index (χ2n) is 23.5. The third-order valence-electron chi connectivity index (χ3n) is 14.3. The maximum atomic E-state index is 13.0. The standard InChI is InChI=1S/C74H127N2O6P/c1-6-8-10-12-14-16-18-20-22-24-26-28-29-30-31-32-33-34-35-36-37-38-39-40-41-42-43-44-45-46-47-48-50-52-54-56-58-60-62-64-66-68-74(78)75-72(71-82-83(79,80)81-70-69-76(3,4)5)73(77)67-65-63-61-59-57-55-53-51-49-27-25-23-21-19-17-15-13-11-9-7-2/h8,10,14,16,20,22,26,28,30-31,33-34,36-37,39-40,42-43,45-46,57,59,65,67,72-73,77H,6-7,9,11-13,15,17-19,21,23-25,27,29,32,35,38,41,44,47-56,58,60-64,66,68-71H2,1-5H3,(H-,75,78,79,80)/p+1/b10-8-,16-14-,22-20-,28-26-,31-30-,34-33-,37-36-,40-39-,43-42-,46-45-,59-57+,67-65+. The fraction of sp³-hybridized carbons (Fsp3) is 0.662. The van der Waals surface area contributed by atoms with Crippen molar-refractivity contribution in [3.8, 4) is 0 Å². The molecule has 0 saturated carbocycles. The van der Waals surface area contributed by atoms with Gasteiger partial charge in [0.05, 0.1) is 39.9 Å². The fourth-order valence-electron chi connectivity index (χ4n) is 9.09. The van der Waals surface area contributed by atoms with Crippen LogP contribution in [0.25, 0.3) is 0 Å². The highest BCUT2D eigenvalue weighted by atomic mass is 31.2. The van der Waals surface area contributed by atoms with Crippen molar-refractivity contribution in [3.63, 3.8) is 0 Å². The zero-order chi connectivity index (χ0) is 60.5. The van der Waals surface area contributed by atoms with Crippen molar-refractivity contribution in [3.05, 3.63) is 146 Å². The van der Waals surface area contributed by atoms with Crippen molar-refractivity contribution >= 4 is 13.7 Å². The number of nitrogens with one attached hydrogen (secondary N) is 1. The van der Waals surface area contributed by atoms with Crippen LogP contribution in [0.15, 0.2) is 146 Å². The SMILES string of the molecule is CC/C=C\C/C=C\C/C=C\C/C=C\C/C=C\C/C=C\C/C=C\C/C=C\C/C=C\C/C=C\CCCCCCCCCCCCC(=O)NC(COP(=O)(O)OCC[N+](C)(C)C)C(O)/C=C/CC/C=C/CCCCCCCCCCCCCCCC. The van der Waals surface area contributed by atoms with Gasteiger partial charge < -0.3 is 19.8 Å². The molecule has 1 amide bonds. The smallest absolute Gasteiger partial charge is 0.387 e. The lowest BCUT2D eigenvalue weighted by Crippen LogP contribution is -2.45. The molecule has 0 saturated heterocycles. The van der Waals surface area contributed by atoms with Crippen LogP contribution in [0.5, 0.6) is 0 Å². The van der Waals surface area contributed by atoms with E-state index in [9.17, 15) is 19.4 Å². The van der Waals surface area contributed by atoms with Crippen LogP contribution in [0.3, 0.4) is 0 Å². The molecular formula is C74H128N2O6P+. The minimum Gasteiger partial charge on any atom is -0.387 e. The van der Waals surface area contributed by atoms with Crippen LogP contribution >= 0.6 is 7.82 Å². The van der Waals surface area contributed by atoms with Crippen LogP contribution < -0.4 is 5.32 Å². The van der Waals surface area contributed by atoms with E-state index in [4.69, 9.17) is 9.05 Å². The minimum atomic E-state index is -4.37. The molecule has 9 heteroatoms. The third kappa shape index (κ3) is 65.8. The van der Waals surface area contributed by atoms with Crippen molar-refractivity contribution in [2.24, 2.45) is 0 Å². The minimum absolute atomic E-state index is 0.0490. The first-order valence-electron chi connectivity index (χ1n) is 33.7. The van der Waals surface area contributed by atoms with Gasteiger partial charge in [0, 0.05) is 6.42 Å². The Hall–Kier alpha value is -3.62. The zero-order valence-electron chi connectivity index (χ0n) is 54.1. The molecule has 8 nitrogen and oxygen atoms in total. The number of quaternary nitrogens is 1. The molecule has 3 N–H and O–H groups in total. The highest BCUT2D eigenvalue weighted by Crippen LogP contribution is 2.43. The Morgan fingerprint density at radius 1 is 0.422 bits per heavy atom. The van der Waals surface area contributed by atoms with Gasteiger partial charge in [-0.05, 0) is 109 Å². The van der Waals surface area contributed by atoms with Gasteiger partial charge in [-0.1, -0.05) is 295 Å². The predicted molar refractivity (Wildman–Crippen MR) is 364 cm³/mol. The lowest BCUT2D eigenvalue weighted by Gasteiger charge is -2.25. The molecule has 0 aromatic heterocycles. The second kappa shape index (κ2) is 62.9. The van der Waals surface area contributed by atoms with Gasteiger partial charge in [-0.15, -0.1) is 0 Å². The highest BCUT2D eigenvalue weighted by Gasteiger charge is 2.27. The first-order valence-corrected chi connectivity index (χ1v) is 35.2. The number of hydrogen-bond donors (Lipinski definition) is 3. The van der Waals surface area contributed by atoms with E-state index in [0.717, 1.165) is 109 Å². The van der Waals surface area contributed by atoms with Gasteiger partial charge >= 0.3 is 7.82 Å². The molecule has 474 valence electrons. The Bertz CT molecular complexity index is 1860. The molecule has 0 radical (unpaired) electrons. The Kier molecular flexibility index (Phi) is 60.2. The molecule has 3 atom stereocenters. The van der Waals surface area contributed by atoms with Crippen molar-refractivity contribution < 1.29 is 32.9 Å². The van der Waals surface area contributed by atoms with Crippen LogP contribution in [0.4, 0.5) is 0 Å². The number of unbranched alkanes of at least 4 members (excludes halogenated alkanes) is 25. The Morgan fingerprint density at radius 3 is 1.11 bits per heavy atom. The number of allylic oxidation sites excluding steroid dienone is 23. The van der Waals surface area contributed by atoms with Crippen molar-refractivity contribution in [1.82, 2.24) is 5.32 Å². The summed E-state index contributed by atoms with van der Waals surface area (Å²) in [5.74, 6) is -0.196. The van der Waals surface area contributed by atoms with Crippen LogP contribution in [-0.2, 0) is 18.4 Å². The molecule has 0 aliphatic heterocycles. The molecular weight excluding hydrogens is 1040 g/mol. The van der Waals surface area contributed by atoms with Crippen LogP contribution in [-0.4, -0.2) is 73.4 Å². The molecule has 0 heterocycles. The van der Waals surface area contributed by atoms with E-state index >= 15 is 0 Å².